The summed E-state index contributed by atoms with van der Waals surface area (Å²) in [6, 6.07) is 9.78. The van der Waals surface area contributed by atoms with E-state index >= 15 is 0 Å². The largest absolute Gasteiger partial charge is 0.396 e. The van der Waals surface area contributed by atoms with E-state index < -0.39 is 0 Å². The van der Waals surface area contributed by atoms with Crippen molar-refractivity contribution < 1.29 is 9.90 Å². The van der Waals surface area contributed by atoms with E-state index in [-0.39, 0.29) is 18.6 Å². The van der Waals surface area contributed by atoms with Gasteiger partial charge in [0.25, 0.3) is 5.91 Å². The lowest BCUT2D eigenvalue weighted by Gasteiger charge is -2.34. The van der Waals surface area contributed by atoms with E-state index in [1.54, 1.807) is 6.20 Å². The molecule has 1 aliphatic rings. The minimum absolute atomic E-state index is 0.0612. The lowest BCUT2D eigenvalue weighted by molar-refractivity contribution is 0.0655. The summed E-state index contributed by atoms with van der Waals surface area (Å²) in [5, 5.41) is 10.1. The average molecular weight is 298 g/mol. The molecule has 0 saturated heterocycles. The first-order valence-electron chi connectivity index (χ1n) is 7.92. The van der Waals surface area contributed by atoms with Gasteiger partial charge in [-0.15, -0.1) is 0 Å². The lowest BCUT2D eigenvalue weighted by atomic mass is 9.86. The number of nitrogens with zero attached hydrogens (tertiary/aromatic N) is 2. The Bertz CT molecular complexity index is 658. The number of benzene rings is 1. The number of amides is 1. The minimum atomic E-state index is 0.0612. The Kier molecular flexibility index (Phi) is 4.39. The molecule has 1 saturated carbocycles. The third kappa shape index (κ3) is 2.83. The molecule has 1 aromatic carbocycles. The van der Waals surface area contributed by atoms with Crippen molar-refractivity contribution in [3.63, 3.8) is 0 Å². The molecule has 1 aromatic heterocycles. The van der Waals surface area contributed by atoms with Crippen LogP contribution in [0, 0.1) is 5.92 Å². The quantitative estimate of drug-likeness (QED) is 0.948. The van der Waals surface area contributed by atoms with E-state index in [1.807, 2.05) is 42.3 Å². The number of hydrogen-bond donors (Lipinski definition) is 1. The fourth-order valence-corrected chi connectivity index (χ4v) is 3.36. The van der Waals surface area contributed by atoms with Crippen molar-refractivity contribution >= 4 is 16.8 Å². The van der Waals surface area contributed by atoms with Gasteiger partial charge in [-0.05, 0) is 49.8 Å². The van der Waals surface area contributed by atoms with E-state index in [2.05, 4.69) is 4.98 Å². The maximum absolute atomic E-state index is 12.9. The third-order valence-electron chi connectivity index (χ3n) is 4.82. The van der Waals surface area contributed by atoms with Gasteiger partial charge in [0.05, 0.1) is 5.52 Å². The molecule has 1 fully saturated rings. The van der Waals surface area contributed by atoms with Crippen molar-refractivity contribution in [2.75, 3.05) is 13.7 Å². The first kappa shape index (κ1) is 15.0. The van der Waals surface area contributed by atoms with E-state index in [0.717, 1.165) is 42.1 Å². The molecule has 1 heterocycles. The fourth-order valence-electron chi connectivity index (χ4n) is 3.36. The number of aromatic nitrogens is 1. The van der Waals surface area contributed by atoms with Crippen LogP contribution in [0.2, 0.25) is 0 Å². The maximum atomic E-state index is 12.9. The van der Waals surface area contributed by atoms with Crippen molar-refractivity contribution in [3.05, 3.63) is 42.1 Å². The standard InChI is InChI=1S/C18H22N2O2/c1-20(14-9-7-13(12-21)8-10-14)18(22)16-4-2-6-17-15(16)5-3-11-19-17/h2-6,11,13-14,21H,7-10,12H2,1H3. The summed E-state index contributed by atoms with van der Waals surface area (Å²) in [6.07, 6.45) is 5.68. The van der Waals surface area contributed by atoms with Gasteiger partial charge in [-0.2, -0.15) is 0 Å². The van der Waals surface area contributed by atoms with Crippen LogP contribution in [0.25, 0.3) is 10.9 Å². The summed E-state index contributed by atoms with van der Waals surface area (Å²) in [7, 11) is 1.89. The zero-order chi connectivity index (χ0) is 15.5. The molecule has 0 aliphatic heterocycles. The molecule has 4 heteroatoms. The molecular weight excluding hydrogens is 276 g/mol. The van der Waals surface area contributed by atoms with Gasteiger partial charge in [0.2, 0.25) is 0 Å². The second-order valence-electron chi connectivity index (χ2n) is 6.15. The van der Waals surface area contributed by atoms with Crippen molar-refractivity contribution in [3.8, 4) is 0 Å². The number of carbonyl (C=O) groups excluding carboxylic acids is 1. The van der Waals surface area contributed by atoms with Crippen LogP contribution in [0.5, 0.6) is 0 Å². The predicted octanol–water partition coefficient (Wildman–Crippen LogP) is 2.86. The van der Waals surface area contributed by atoms with Gasteiger partial charge in [0.15, 0.2) is 0 Å². The lowest BCUT2D eigenvalue weighted by Crippen LogP contribution is -2.39. The number of pyridine rings is 1. The van der Waals surface area contributed by atoms with Gasteiger partial charge in [-0.25, -0.2) is 0 Å². The van der Waals surface area contributed by atoms with Crippen LogP contribution in [0.1, 0.15) is 36.0 Å². The second kappa shape index (κ2) is 6.44. The Morgan fingerprint density at radius 1 is 1.23 bits per heavy atom. The summed E-state index contributed by atoms with van der Waals surface area (Å²) in [5.74, 6) is 0.465. The van der Waals surface area contributed by atoms with Crippen molar-refractivity contribution in [2.45, 2.75) is 31.7 Å². The summed E-state index contributed by atoms with van der Waals surface area (Å²) < 4.78 is 0. The molecule has 22 heavy (non-hydrogen) atoms. The zero-order valence-corrected chi connectivity index (χ0v) is 12.9. The number of carbonyl (C=O) groups is 1. The van der Waals surface area contributed by atoms with Crippen LogP contribution in [-0.2, 0) is 0 Å². The van der Waals surface area contributed by atoms with Crippen LogP contribution in [0.4, 0.5) is 0 Å². The molecule has 0 radical (unpaired) electrons. The molecule has 0 bridgehead atoms. The van der Waals surface area contributed by atoms with Crippen LogP contribution in [0.15, 0.2) is 36.5 Å². The molecular formula is C18H22N2O2. The van der Waals surface area contributed by atoms with Gasteiger partial charge in [-0.3, -0.25) is 9.78 Å². The van der Waals surface area contributed by atoms with Crippen molar-refractivity contribution in [2.24, 2.45) is 5.92 Å². The molecule has 1 aliphatic carbocycles. The maximum Gasteiger partial charge on any atom is 0.254 e. The smallest absolute Gasteiger partial charge is 0.254 e. The van der Waals surface area contributed by atoms with Crippen LogP contribution < -0.4 is 0 Å². The highest BCUT2D eigenvalue weighted by Crippen LogP contribution is 2.28. The Morgan fingerprint density at radius 3 is 2.73 bits per heavy atom. The molecule has 0 atom stereocenters. The summed E-state index contributed by atoms with van der Waals surface area (Å²) in [4.78, 5) is 19.0. The van der Waals surface area contributed by atoms with Gasteiger partial charge in [0, 0.05) is 36.8 Å². The SMILES string of the molecule is CN(C(=O)c1cccc2ncccc12)C1CCC(CO)CC1. The normalized spacial score (nSPS) is 21.7. The van der Waals surface area contributed by atoms with Gasteiger partial charge in [-0.1, -0.05) is 12.1 Å². The van der Waals surface area contributed by atoms with E-state index in [9.17, 15) is 9.90 Å². The molecule has 1 N–H and O–H groups in total. The monoisotopic (exact) mass is 298 g/mol. The molecule has 0 spiro atoms. The molecule has 1 amide bonds. The molecule has 0 unspecified atom stereocenters. The van der Waals surface area contributed by atoms with Crippen LogP contribution >= 0.6 is 0 Å². The van der Waals surface area contributed by atoms with E-state index in [1.165, 1.54) is 0 Å². The second-order valence-corrected chi connectivity index (χ2v) is 6.15. The Morgan fingerprint density at radius 2 is 2.00 bits per heavy atom. The highest BCUT2D eigenvalue weighted by Gasteiger charge is 2.27. The van der Waals surface area contributed by atoms with Crippen LogP contribution in [0.3, 0.4) is 0 Å². The molecule has 4 nitrogen and oxygen atoms in total. The first-order chi connectivity index (χ1) is 10.7. The summed E-state index contributed by atoms with van der Waals surface area (Å²) in [6.45, 7) is 0.263. The molecule has 3 rings (SSSR count). The van der Waals surface area contributed by atoms with E-state index in [0.29, 0.717) is 5.92 Å². The number of fused-ring (bicyclic) bond motifs is 1. The number of aliphatic hydroxyl groups is 1. The fraction of sp³-hybridized carbons (Fsp3) is 0.444. The average Bonchev–Trinajstić information content (AvgIpc) is 2.60. The van der Waals surface area contributed by atoms with Crippen LogP contribution in [-0.4, -0.2) is 40.6 Å². The minimum Gasteiger partial charge on any atom is -0.396 e. The highest BCUT2D eigenvalue weighted by atomic mass is 16.3. The van der Waals surface area contributed by atoms with Gasteiger partial charge >= 0.3 is 0 Å². The first-order valence-corrected chi connectivity index (χ1v) is 7.92. The summed E-state index contributed by atoms with van der Waals surface area (Å²) >= 11 is 0. The summed E-state index contributed by atoms with van der Waals surface area (Å²) in [5.41, 5.74) is 1.57. The zero-order valence-electron chi connectivity index (χ0n) is 12.9. The van der Waals surface area contributed by atoms with Gasteiger partial charge in [0.1, 0.15) is 0 Å². The molecule has 116 valence electrons. The predicted molar refractivity (Wildman–Crippen MR) is 86.7 cm³/mol. The van der Waals surface area contributed by atoms with Gasteiger partial charge < -0.3 is 10.0 Å². The number of hydrogen-bond acceptors (Lipinski definition) is 3. The van der Waals surface area contributed by atoms with Crippen molar-refractivity contribution in [1.29, 1.82) is 0 Å². The third-order valence-corrected chi connectivity index (χ3v) is 4.82. The number of rotatable bonds is 3. The van der Waals surface area contributed by atoms with Crippen molar-refractivity contribution in [1.82, 2.24) is 9.88 Å². The Hall–Kier alpha value is -1.94. The topological polar surface area (TPSA) is 53.4 Å². The van der Waals surface area contributed by atoms with E-state index in [4.69, 9.17) is 0 Å². The Labute approximate surface area is 130 Å². The molecule has 2 aromatic rings. The Balaban J connectivity index is 1.81. The number of aliphatic hydroxyl groups excluding tert-OH is 1. The highest BCUT2D eigenvalue weighted by molar-refractivity contribution is 6.06.